The number of hydrogen-bond donors (Lipinski definition) is 1. The fourth-order valence-corrected chi connectivity index (χ4v) is 6.42. The van der Waals surface area contributed by atoms with Crippen molar-refractivity contribution >= 4 is 20.9 Å². The third kappa shape index (κ3) is 3.94. The molecule has 3 aromatic carbocycles. The molecule has 4 aromatic rings. The number of H-pyrrole nitrogens is 1. The Morgan fingerprint density at radius 1 is 0.909 bits per heavy atom. The van der Waals surface area contributed by atoms with E-state index in [1.54, 1.807) is 6.20 Å². The van der Waals surface area contributed by atoms with Crippen molar-refractivity contribution in [1.82, 2.24) is 9.29 Å². The molecule has 0 bridgehead atoms. The van der Waals surface area contributed by atoms with Crippen molar-refractivity contribution in [2.75, 3.05) is 6.54 Å². The third-order valence-corrected chi connectivity index (χ3v) is 7.96. The van der Waals surface area contributed by atoms with Gasteiger partial charge < -0.3 is 4.98 Å². The first-order valence-corrected chi connectivity index (χ1v) is 12.1. The molecule has 1 atom stereocenters. The first-order valence-electron chi connectivity index (χ1n) is 10.5. The van der Waals surface area contributed by atoms with Crippen LogP contribution in [0.2, 0.25) is 0 Å². The molecule has 2 heterocycles. The molecule has 1 N–H and O–H groups in total. The van der Waals surface area contributed by atoms with Gasteiger partial charge in [-0.3, -0.25) is 0 Å². The molecular formula is C25H21F3N2O2S. The monoisotopic (exact) mass is 470 g/mol. The SMILES string of the molecule is O=S(=O)(Cc1ccccc1C(F)(F)F)N1CCc2ccccc2[C@@H]1c1c[nH]c2ccccc12. The van der Waals surface area contributed by atoms with Gasteiger partial charge in [0, 0.05) is 29.2 Å². The molecule has 8 heteroatoms. The van der Waals surface area contributed by atoms with Crippen LogP contribution in [0.4, 0.5) is 13.2 Å². The van der Waals surface area contributed by atoms with E-state index in [1.165, 1.54) is 22.5 Å². The number of alkyl halides is 3. The highest BCUT2D eigenvalue weighted by Crippen LogP contribution is 2.41. The lowest BCUT2D eigenvalue weighted by molar-refractivity contribution is -0.138. The molecule has 0 fully saturated rings. The number of aromatic nitrogens is 1. The van der Waals surface area contributed by atoms with Crippen LogP contribution in [0.3, 0.4) is 0 Å². The molecule has 0 saturated carbocycles. The summed E-state index contributed by atoms with van der Waals surface area (Å²) in [4.78, 5) is 3.20. The summed E-state index contributed by atoms with van der Waals surface area (Å²) in [6.07, 6.45) is -2.34. The van der Waals surface area contributed by atoms with Gasteiger partial charge in [0.05, 0.1) is 17.4 Å². The number of nitrogens with one attached hydrogen (secondary N) is 1. The molecule has 0 unspecified atom stereocenters. The highest BCUT2D eigenvalue weighted by molar-refractivity contribution is 7.88. The van der Waals surface area contributed by atoms with Crippen LogP contribution in [0.25, 0.3) is 10.9 Å². The average molecular weight is 471 g/mol. The summed E-state index contributed by atoms with van der Waals surface area (Å²) in [5.74, 6) is -0.719. The summed E-state index contributed by atoms with van der Waals surface area (Å²) in [5.41, 5.74) is 2.37. The van der Waals surface area contributed by atoms with E-state index in [9.17, 15) is 21.6 Å². The molecule has 0 amide bonds. The van der Waals surface area contributed by atoms with Crippen molar-refractivity contribution in [2.24, 2.45) is 0 Å². The zero-order valence-electron chi connectivity index (χ0n) is 17.5. The fourth-order valence-electron chi connectivity index (χ4n) is 4.69. The second-order valence-corrected chi connectivity index (χ2v) is 10.1. The van der Waals surface area contributed by atoms with E-state index in [0.29, 0.717) is 6.42 Å². The molecule has 33 heavy (non-hydrogen) atoms. The Morgan fingerprint density at radius 2 is 1.61 bits per heavy atom. The van der Waals surface area contributed by atoms with Gasteiger partial charge in [0.15, 0.2) is 0 Å². The van der Waals surface area contributed by atoms with E-state index < -0.39 is 33.6 Å². The third-order valence-electron chi connectivity index (χ3n) is 6.17. The first kappa shape index (κ1) is 21.7. The van der Waals surface area contributed by atoms with Crippen LogP contribution in [0.15, 0.2) is 79.0 Å². The summed E-state index contributed by atoms with van der Waals surface area (Å²) in [6, 6.07) is 19.5. The lowest BCUT2D eigenvalue weighted by atomic mass is 9.90. The van der Waals surface area contributed by atoms with Crippen molar-refractivity contribution < 1.29 is 21.6 Å². The number of nitrogens with zero attached hydrogens (tertiary/aromatic N) is 1. The topological polar surface area (TPSA) is 53.2 Å². The van der Waals surface area contributed by atoms with Gasteiger partial charge in [-0.25, -0.2) is 8.42 Å². The van der Waals surface area contributed by atoms with Gasteiger partial charge in [0.25, 0.3) is 0 Å². The van der Waals surface area contributed by atoms with Gasteiger partial charge in [-0.15, -0.1) is 0 Å². The normalized spacial score (nSPS) is 17.2. The van der Waals surface area contributed by atoms with Crippen molar-refractivity contribution in [3.8, 4) is 0 Å². The van der Waals surface area contributed by atoms with Crippen LogP contribution in [0.5, 0.6) is 0 Å². The summed E-state index contributed by atoms with van der Waals surface area (Å²) in [6.45, 7) is 0.192. The lowest BCUT2D eigenvalue weighted by Gasteiger charge is -2.36. The van der Waals surface area contributed by atoms with E-state index in [1.807, 2.05) is 48.5 Å². The maximum Gasteiger partial charge on any atom is 0.416 e. The minimum atomic E-state index is -4.63. The molecular weight excluding hydrogens is 449 g/mol. The highest BCUT2D eigenvalue weighted by Gasteiger charge is 2.39. The van der Waals surface area contributed by atoms with Crippen LogP contribution in [-0.4, -0.2) is 24.3 Å². The van der Waals surface area contributed by atoms with Gasteiger partial charge >= 0.3 is 6.18 Å². The number of fused-ring (bicyclic) bond motifs is 2. The standard InChI is InChI=1S/C25H21F3N2O2S/c26-25(27,28)22-11-5-2-8-18(22)16-33(31,32)30-14-13-17-7-1-3-9-19(17)24(30)21-15-29-23-12-6-4-10-20(21)23/h1-12,15,24,29H,13-14,16H2/t24-/m1/s1. The Hall–Kier alpha value is -3.10. The predicted octanol–water partition coefficient (Wildman–Crippen LogP) is 5.66. The van der Waals surface area contributed by atoms with Crippen LogP contribution in [-0.2, 0) is 28.4 Å². The van der Waals surface area contributed by atoms with Crippen LogP contribution in [0, 0.1) is 0 Å². The molecule has 0 saturated heterocycles. The van der Waals surface area contributed by atoms with E-state index in [0.717, 1.165) is 33.7 Å². The molecule has 0 radical (unpaired) electrons. The second-order valence-electron chi connectivity index (χ2n) is 8.16. The lowest BCUT2D eigenvalue weighted by Crippen LogP contribution is -2.41. The van der Waals surface area contributed by atoms with Crippen molar-refractivity contribution in [3.05, 3.63) is 107 Å². The number of sulfonamides is 1. The van der Waals surface area contributed by atoms with Gasteiger partial charge in [0.1, 0.15) is 0 Å². The van der Waals surface area contributed by atoms with E-state index in [4.69, 9.17) is 0 Å². The van der Waals surface area contributed by atoms with Gasteiger partial charge in [-0.2, -0.15) is 17.5 Å². The summed E-state index contributed by atoms with van der Waals surface area (Å²) < 4.78 is 69.2. The van der Waals surface area contributed by atoms with E-state index >= 15 is 0 Å². The average Bonchev–Trinajstić information content (AvgIpc) is 3.21. The van der Waals surface area contributed by atoms with Crippen molar-refractivity contribution in [2.45, 2.75) is 24.4 Å². The zero-order valence-corrected chi connectivity index (χ0v) is 18.3. The molecule has 1 aromatic heterocycles. The first-order chi connectivity index (χ1) is 15.8. The van der Waals surface area contributed by atoms with Crippen LogP contribution in [0.1, 0.15) is 33.9 Å². The zero-order chi connectivity index (χ0) is 23.2. The van der Waals surface area contributed by atoms with E-state index in [2.05, 4.69) is 4.98 Å². The van der Waals surface area contributed by atoms with Crippen LogP contribution < -0.4 is 0 Å². The molecule has 5 rings (SSSR count). The second kappa shape index (κ2) is 8.04. The number of benzene rings is 3. The minimum absolute atomic E-state index is 0.192. The summed E-state index contributed by atoms with van der Waals surface area (Å²) >= 11 is 0. The quantitative estimate of drug-likeness (QED) is 0.418. The van der Waals surface area contributed by atoms with Crippen molar-refractivity contribution in [3.63, 3.8) is 0 Å². The van der Waals surface area contributed by atoms with Gasteiger partial charge in [-0.1, -0.05) is 60.7 Å². The predicted molar refractivity (Wildman–Crippen MR) is 121 cm³/mol. The molecule has 1 aliphatic rings. The molecule has 0 aliphatic carbocycles. The van der Waals surface area contributed by atoms with E-state index in [-0.39, 0.29) is 12.1 Å². The number of rotatable bonds is 4. The molecule has 0 spiro atoms. The Labute approximate surface area is 189 Å². The highest BCUT2D eigenvalue weighted by atomic mass is 32.2. The smallest absolute Gasteiger partial charge is 0.361 e. The Kier molecular flexibility index (Phi) is 5.29. The number of halogens is 3. The fraction of sp³-hybridized carbons (Fsp3) is 0.200. The Bertz CT molecular complexity index is 1430. The maximum absolute atomic E-state index is 13.6. The van der Waals surface area contributed by atoms with Gasteiger partial charge in [-0.05, 0) is 35.2 Å². The minimum Gasteiger partial charge on any atom is -0.361 e. The number of aromatic amines is 1. The molecule has 4 nitrogen and oxygen atoms in total. The van der Waals surface area contributed by atoms with Crippen molar-refractivity contribution in [1.29, 1.82) is 0 Å². The largest absolute Gasteiger partial charge is 0.416 e. The summed E-state index contributed by atoms with van der Waals surface area (Å²) in [7, 11) is -4.09. The summed E-state index contributed by atoms with van der Waals surface area (Å²) in [5, 5.41) is 0.884. The number of para-hydroxylation sites is 1. The maximum atomic E-state index is 13.6. The Balaban J connectivity index is 1.63. The molecule has 1 aliphatic heterocycles. The Morgan fingerprint density at radius 3 is 2.42 bits per heavy atom. The van der Waals surface area contributed by atoms with Crippen LogP contribution >= 0.6 is 0 Å². The molecule has 170 valence electrons. The van der Waals surface area contributed by atoms with Gasteiger partial charge in [0.2, 0.25) is 10.0 Å². The number of hydrogen-bond acceptors (Lipinski definition) is 2.